The van der Waals surface area contributed by atoms with Crippen molar-refractivity contribution in [2.75, 3.05) is 32.8 Å². The molecular weight excluding hydrogens is 299 g/mol. The largest absolute Gasteiger partial charge is 0.352 e. The van der Waals surface area contributed by atoms with Crippen LogP contribution in [0.2, 0.25) is 0 Å². The Morgan fingerprint density at radius 1 is 1.22 bits per heavy atom. The summed E-state index contributed by atoms with van der Waals surface area (Å²) in [6, 6.07) is 6.49. The Morgan fingerprint density at radius 2 is 1.91 bits per heavy atom. The predicted octanol–water partition coefficient (Wildman–Crippen LogP) is 1.67. The average Bonchev–Trinajstić information content (AvgIpc) is 3.02. The molecule has 0 aliphatic carbocycles. The summed E-state index contributed by atoms with van der Waals surface area (Å²) in [6.45, 7) is 4.05. The number of piperidine rings is 1. The van der Waals surface area contributed by atoms with E-state index in [-0.39, 0.29) is 24.1 Å². The second kappa shape index (κ2) is 7.38. The molecule has 0 bridgehead atoms. The van der Waals surface area contributed by atoms with Gasteiger partial charge in [0.15, 0.2) is 5.79 Å². The van der Waals surface area contributed by atoms with Gasteiger partial charge in [0.2, 0.25) is 5.91 Å². The van der Waals surface area contributed by atoms with Gasteiger partial charge in [0.25, 0.3) is 0 Å². The van der Waals surface area contributed by atoms with Crippen molar-refractivity contribution in [3.8, 4) is 0 Å². The molecule has 2 saturated heterocycles. The van der Waals surface area contributed by atoms with Gasteiger partial charge >= 0.3 is 0 Å². The molecule has 2 heterocycles. The normalized spacial score (nSPS) is 20.7. The van der Waals surface area contributed by atoms with Crippen LogP contribution in [0, 0.1) is 5.82 Å². The number of carbonyl (C=O) groups is 1. The molecule has 1 aromatic rings. The minimum atomic E-state index is -0.371. The summed E-state index contributed by atoms with van der Waals surface area (Å²) in [7, 11) is 0. The van der Waals surface area contributed by atoms with Crippen LogP contribution in [-0.4, -0.2) is 49.4 Å². The zero-order valence-electron chi connectivity index (χ0n) is 13.2. The molecule has 2 aliphatic heterocycles. The number of ether oxygens (including phenoxy) is 2. The van der Waals surface area contributed by atoms with Gasteiger partial charge < -0.3 is 19.7 Å². The van der Waals surface area contributed by atoms with Crippen LogP contribution >= 0.6 is 0 Å². The monoisotopic (exact) mass is 322 g/mol. The van der Waals surface area contributed by atoms with Crippen molar-refractivity contribution in [3.63, 3.8) is 0 Å². The smallest absolute Gasteiger partial charge is 0.221 e. The van der Waals surface area contributed by atoms with Crippen LogP contribution in [0.5, 0.6) is 0 Å². The van der Waals surface area contributed by atoms with E-state index in [0.717, 1.165) is 25.9 Å². The maximum absolute atomic E-state index is 13.5. The summed E-state index contributed by atoms with van der Waals surface area (Å²) in [5.41, 5.74) is 0.510. The molecule has 3 rings (SSSR count). The molecular formula is C17H23FN2O3. The van der Waals surface area contributed by atoms with E-state index in [1.807, 2.05) is 0 Å². The zero-order valence-corrected chi connectivity index (χ0v) is 13.2. The van der Waals surface area contributed by atoms with Gasteiger partial charge in [0.05, 0.1) is 13.2 Å². The number of rotatable bonds is 5. The highest BCUT2D eigenvalue weighted by atomic mass is 19.1. The van der Waals surface area contributed by atoms with Crippen LogP contribution < -0.4 is 5.32 Å². The van der Waals surface area contributed by atoms with Gasteiger partial charge in [0, 0.05) is 51.0 Å². The minimum absolute atomic E-state index is 0.0538. The first-order valence-electron chi connectivity index (χ1n) is 8.17. The number of nitrogens with one attached hydrogen (secondary N) is 1. The summed E-state index contributed by atoms with van der Waals surface area (Å²) in [6.07, 6.45) is 2.12. The van der Waals surface area contributed by atoms with E-state index < -0.39 is 0 Å². The van der Waals surface area contributed by atoms with Gasteiger partial charge in [0.1, 0.15) is 5.82 Å². The van der Waals surface area contributed by atoms with Crippen LogP contribution in [0.4, 0.5) is 4.39 Å². The van der Waals surface area contributed by atoms with Gasteiger partial charge in [-0.05, 0) is 6.07 Å². The predicted molar refractivity (Wildman–Crippen MR) is 83.2 cm³/mol. The van der Waals surface area contributed by atoms with E-state index >= 15 is 0 Å². The quantitative estimate of drug-likeness (QED) is 0.896. The lowest BCUT2D eigenvalue weighted by Crippen LogP contribution is -2.45. The number of benzene rings is 1. The second-order valence-corrected chi connectivity index (χ2v) is 6.07. The number of hydrogen-bond acceptors (Lipinski definition) is 4. The number of amides is 1. The highest BCUT2D eigenvalue weighted by molar-refractivity contribution is 5.76. The van der Waals surface area contributed by atoms with Crippen molar-refractivity contribution in [1.29, 1.82) is 0 Å². The van der Waals surface area contributed by atoms with Crippen molar-refractivity contribution < 1.29 is 18.7 Å². The van der Waals surface area contributed by atoms with Gasteiger partial charge in [-0.15, -0.1) is 0 Å². The van der Waals surface area contributed by atoms with E-state index in [2.05, 4.69) is 10.2 Å². The van der Waals surface area contributed by atoms with Crippen LogP contribution in [-0.2, 0) is 20.8 Å². The third kappa shape index (κ3) is 4.28. The van der Waals surface area contributed by atoms with Gasteiger partial charge in [-0.3, -0.25) is 4.79 Å². The molecule has 0 atom stereocenters. The molecule has 2 aliphatic rings. The van der Waals surface area contributed by atoms with Gasteiger partial charge in [-0.1, -0.05) is 18.2 Å². The fourth-order valence-electron chi connectivity index (χ4n) is 3.09. The van der Waals surface area contributed by atoms with E-state index in [9.17, 15) is 9.18 Å². The van der Waals surface area contributed by atoms with E-state index in [4.69, 9.17) is 9.47 Å². The van der Waals surface area contributed by atoms with Gasteiger partial charge in [-0.25, -0.2) is 4.39 Å². The number of carbonyl (C=O) groups excluding carboxylic acids is 1. The van der Waals surface area contributed by atoms with E-state index in [1.165, 1.54) is 6.07 Å². The van der Waals surface area contributed by atoms with Gasteiger partial charge in [-0.2, -0.15) is 0 Å². The highest BCUT2D eigenvalue weighted by Gasteiger charge is 2.39. The Hall–Kier alpha value is -1.50. The van der Waals surface area contributed by atoms with Crippen molar-refractivity contribution >= 4 is 5.91 Å². The third-order valence-electron chi connectivity index (χ3n) is 4.52. The van der Waals surface area contributed by atoms with Crippen molar-refractivity contribution in [2.24, 2.45) is 0 Å². The number of nitrogens with zero attached hydrogens (tertiary/aromatic N) is 1. The molecule has 1 amide bonds. The molecule has 1 N–H and O–H groups in total. The third-order valence-corrected chi connectivity index (χ3v) is 4.52. The number of hydrogen-bond donors (Lipinski definition) is 1. The van der Waals surface area contributed by atoms with Crippen LogP contribution in [0.25, 0.3) is 0 Å². The topological polar surface area (TPSA) is 50.8 Å². The van der Waals surface area contributed by atoms with Crippen molar-refractivity contribution in [1.82, 2.24) is 10.2 Å². The first-order valence-corrected chi connectivity index (χ1v) is 8.17. The standard InChI is InChI=1S/C17H23FN2O3/c18-15-4-2-1-3-14(15)13-19-16(21)5-8-20-9-6-17(7-10-20)22-11-12-23-17/h1-4H,5-13H2,(H,19,21). The first-order chi connectivity index (χ1) is 11.2. The van der Waals surface area contributed by atoms with Crippen molar-refractivity contribution in [2.45, 2.75) is 31.6 Å². The zero-order chi connectivity index (χ0) is 16.1. The summed E-state index contributed by atoms with van der Waals surface area (Å²) in [5, 5.41) is 2.77. The number of likely N-dealkylation sites (tertiary alicyclic amines) is 1. The maximum atomic E-state index is 13.5. The van der Waals surface area contributed by atoms with E-state index in [1.54, 1.807) is 18.2 Å². The highest BCUT2D eigenvalue weighted by Crippen LogP contribution is 2.31. The second-order valence-electron chi connectivity index (χ2n) is 6.07. The van der Waals surface area contributed by atoms with Crippen LogP contribution in [0.1, 0.15) is 24.8 Å². The Balaban J connectivity index is 1.36. The van der Waals surface area contributed by atoms with Crippen molar-refractivity contribution in [3.05, 3.63) is 35.6 Å². The molecule has 0 radical (unpaired) electrons. The van der Waals surface area contributed by atoms with Crippen LogP contribution in [0.15, 0.2) is 24.3 Å². The fourth-order valence-corrected chi connectivity index (χ4v) is 3.09. The Labute approximate surface area is 135 Å². The molecule has 6 heteroatoms. The molecule has 23 heavy (non-hydrogen) atoms. The van der Waals surface area contributed by atoms with E-state index in [0.29, 0.717) is 31.7 Å². The number of halogens is 1. The molecule has 1 aromatic carbocycles. The Kier molecular flexibility index (Phi) is 5.25. The minimum Gasteiger partial charge on any atom is -0.352 e. The lowest BCUT2D eigenvalue weighted by atomic mass is 10.0. The maximum Gasteiger partial charge on any atom is 0.221 e. The SMILES string of the molecule is O=C(CCN1CCC2(CC1)OCCO2)NCc1ccccc1F. The average molecular weight is 322 g/mol. The fraction of sp³-hybridized carbons (Fsp3) is 0.588. The first kappa shape index (κ1) is 16.4. The molecule has 0 unspecified atom stereocenters. The molecule has 1 spiro atoms. The Morgan fingerprint density at radius 3 is 2.61 bits per heavy atom. The lowest BCUT2D eigenvalue weighted by Gasteiger charge is -2.37. The summed E-state index contributed by atoms with van der Waals surface area (Å²) in [5.74, 6) is -0.712. The summed E-state index contributed by atoms with van der Waals surface area (Å²) in [4.78, 5) is 14.2. The molecule has 0 saturated carbocycles. The lowest BCUT2D eigenvalue weighted by molar-refractivity contribution is -0.185. The Bertz CT molecular complexity index is 536. The molecule has 0 aromatic heterocycles. The van der Waals surface area contributed by atoms with Crippen LogP contribution in [0.3, 0.4) is 0 Å². The molecule has 126 valence electrons. The molecule has 2 fully saturated rings. The molecule has 5 nitrogen and oxygen atoms in total. The summed E-state index contributed by atoms with van der Waals surface area (Å²) < 4.78 is 24.9. The summed E-state index contributed by atoms with van der Waals surface area (Å²) >= 11 is 0.